The molecule has 1 fully saturated rings. The molecule has 0 saturated carbocycles. The van der Waals surface area contributed by atoms with Gasteiger partial charge in [0.2, 0.25) is 11.8 Å². The Labute approximate surface area is 191 Å². The molecule has 1 aliphatic rings. The standard InChI is InChI=1S/C24H25ClN2O5/c1-30-23-8-9-24(27-26-23)32-19-5-2-15(3-6-19)10-17-11-16(4-7-21(17)25)22-13-18(29)12-20(14-28)31-22/h2-9,11,18,20,22,28-29H,10,12-14H2,1H3. The number of methoxy groups -OCH3 is 1. The maximum atomic E-state index is 10.1. The van der Waals surface area contributed by atoms with Gasteiger partial charge in [-0.1, -0.05) is 35.9 Å². The van der Waals surface area contributed by atoms with Crippen molar-refractivity contribution in [3.63, 3.8) is 0 Å². The van der Waals surface area contributed by atoms with Crippen LogP contribution in [0.2, 0.25) is 5.02 Å². The van der Waals surface area contributed by atoms with E-state index in [0.717, 1.165) is 16.7 Å². The molecule has 8 heteroatoms. The summed E-state index contributed by atoms with van der Waals surface area (Å²) < 4.78 is 16.6. The number of hydrogen-bond donors (Lipinski definition) is 2. The van der Waals surface area contributed by atoms with Crippen LogP contribution >= 0.6 is 11.6 Å². The van der Waals surface area contributed by atoms with Gasteiger partial charge in [0.25, 0.3) is 0 Å². The Hall–Kier alpha value is -2.71. The van der Waals surface area contributed by atoms with Crippen LogP contribution in [0.5, 0.6) is 17.5 Å². The minimum absolute atomic E-state index is 0.107. The summed E-state index contributed by atoms with van der Waals surface area (Å²) in [7, 11) is 1.53. The number of benzene rings is 2. The molecule has 0 spiro atoms. The van der Waals surface area contributed by atoms with E-state index < -0.39 is 6.10 Å². The van der Waals surface area contributed by atoms with Crippen LogP contribution in [0, 0.1) is 0 Å². The normalized spacial score (nSPS) is 20.7. The van der Waals surface area contributed by atoms with Crippen LogP contribution < -0.4 is 9.47 Å². The van der Waals surface area contributed by atoms with Crippen molar-refractivity contribution < 1.29 is 24.4 Å². The molecule has 2 aromatic carbocycles. The number of ether oxygens (including phenoxy) is 3. The first-order valence-electron chi connectivity index (χ1n) is 10.4. The van der Waals surface area contributed by atoms with E-state index in [1.165, 1.54) is 7.11 Å². The summed E-state index contributed by atoms with van der Waals surface area (Å²) >= 11 is 6.45. The zero-order valence-electron chi connectivity index (χ0n) is 17.6. The maximum Gasteiger partial charge on any atom is 0.239 e. The fourth-order valence-corrected chi connectivity index (χ4v) is 3.92. The summed E-state index contributed by atoms with van der Waals surface area (Å²) in [5, 5.41) is 28.0. The summed E-state index contributed by atoms with van der Waals surface area (Å²) in [5.74, 6) is 1.45. The molecule has 1 aromatic heterocycles. The van der Waals surface area contributed by atoms with Gasteiger partial charge in [0.15, 0.2) is 0 Å². The summed E-state index contributed by atoms with van der Waals surface area (Å²) in [6.45, 7) is -0.107. The van der Waals surface area contributed by atoms with Crippen LogP contribution in [-0.4, -0.2) is 46.3 Å². The number of aromatic nitrogens is 2. The molecule has 3 unspecified atom stereocenters. The molecule has 2 N–H and O–H groups in total. The van der Waals surface area contributed by atoms with E-state index >= 15 is 0 Å². The Bertz CT molecular complexity index is 1030. The predicted molar refractivity (Wildman–Crippen MR) is 119 cm³/mol. The lowest BCUT2D eigenvalue weighted by Gasteiger charge is -2.32. The van der Waals surface area contributed by atoms with Crippen LogP contribution in [-0.2, 0) is 11.2 Å². The van der Waals surface area contributed by atoms with Gasteiger partial charge in [-0.25, -0.2) is 0 Å². The summed E-state index contributed by atoms with van der Waals surface area (Å²) in [6, 6.07) is 16.8. The van der Waals surface area contributed by atoms with E-state index in [1.54, 1.807) is 12.1 Å². The summed E-state index contributed by atoms with van der Waals surface area (Å²) in [5.41, 5.74) is 2.97. The van der Waals surface area contributed by atoms with Crippen molar-refractivity contribution in [1.29, 1.82) is 0 Å². The van der Waals surface area contributed by atoms with E-state index in [2.05, 4.69) is 10.2 Å². The van der Waals surface area contributed by atoms with E-state index in [4.69, 9.17) is 25.8 Å². The van der Waals surface area contributed by atoms with E-state index in [-0.39, 0.29) is 18.8 Å². The molecule has 0 radical (unpaired) electrons. The first-order valence-corrected chi connectivity index (χ1v) is 10.8. The zero-order chi connectivity index (χ0) is 22.5. The third-order valence-corrected chi connectivity index (χ3v) is 5.76. The van der Waals surface area contributed by atoms with Crippen molar-refractivity contribution >= 4 is 11.6 Å². The smallest absolute Gasteiger partial charge is 0.239 e. The van der Waals surface area contributed by atoms with Crippen molar-refractivity contribution in [3.8, 4) is 17.5 Å². The Kier molecular flexibility index (Phi) is 7.22. The van der Waals surface area contributed by atoms with Gasteiger partial charge in [0.05, 0.1) is 32.0 Å². The topological polar surface area (TPSA) is 93.9 Å². The number of nitrogens with zero attached hydrogens (tertiary/aromatic N) is 2. The first kappa shape index (κ1) is 22.5. The summed E-state index contributed by atoms with van der Waals surface area (Å²) in [4.78, 5) is 0. The average molecular weight is 457 g/mol. The van der Waals surface area contributed by atoms with E-state index in [9.17, 15) is 10.2 Å². The van der Waals surface area contributed by atoms with Crippen molar-refractivity contribution in [1.82, 2.24) is 10.2 Å². The van der Waals surface area contributed by atoms with Gasteiger partial charge in [-0.3, -0.25) is 0 Å². The van der Waals surface area contributed by atoms with Crippen LogP contribution in [0.15, 0.2) is 54.6 Å². The van der Waals surface area contributed by atoms with E-state index in [0.29, 0.717) is 41.8 Å². The van der Waals surface area contributed by atoms with Crippen LogP contribution in [0.1, 0.15) is 35.6 Å². The lowest BCUT2D eigenvalue weighted by atomic mass is 9.94. The second kappa shape index (κ2) is 10.3. The highest BCUT2D eigenvalue weighted by Gasteiger charge is 2.29. The molecule has 168 valence electrons. The van der Waals surface area contributed by atoms with Crippen LogP contribution in [0.3, 0.4) is 0 Å². The van der Waals surface area contributed by atoms with Gasteiger partial charge in [0.1, 0.15) is 5.75 Å². The lowest BCUT2D eigenvalue weighted by molar-refractivity contribution is -0.113. The molecular weight excluding hydrogens is 432 g/mol. The molecule has 1 saturated heterocycles. The van der Waals surface area contributed by atoms with Gasteiger partial charge < -0.3 is 24.4 Å². The number of rotatable bonds is 7. The fraction of sp³-hybridized carbons (Fsp3) is 0.333. The SMILES string of the molecule is COc1ccc(Oc2ccc(Cc3cc(C4CC(O)CC(CO)O4)ccc3Cl)cc2)nn1. The monoisotopic (exact) mass is 456 g/mol. The lowest BCUT2D eigenvalue weighted by Crippen LogP contribution is -2.33. The Morgan fingerprint density at radius 3 is 2.47 bits per heavy atom. The molecular formula is C24H25ClN2O5. The highest BCUT2D eigenvalue weighted by atomic mass is 35.5. The predicted octanol–water partition coefficient (Wildman–Crippen LogP) is 4.10. The van der Waals surface area contributed by atoms with Crippen molar-refractivity contribution in [3.05, 3.63) is 76.3 Å². The van der Waals surface area contributed by atoms with Crippen molar-refractivity contribution in [2.24, 2.45) is 0 Å². The molecule has 0 amide bonds. The number of hydrogen-bond acceptors (Lipinski definition) is 7. The third-order valence-electron chi connectivity index (χ3n) is 5.39. The van der Waals surface area contributed by atoms with Gasteiger partial charge in [-0.05, 0) is 41.3 Å². The van der Waals surface area contributed by atoms with Gasteiger partial charge in [-0.15, -0.1) is 10.2 Å². The quantitative estimate of drug-likeness (QED) is 0.552. The second-order valence-electron chi connectivity index (χ2n) is 7.74. The minimum atomic E-state index is -0.493. The van der Waals surface area contributed by atoms with E-state index in [1.807, 2.05) is 42.5 Å². The Morgan fingerprint density at radius 2 is 1.78 bits per heavy atom. The van der Waals surface area contributed by atoms with Gasteiger partial charge in [0, 0.05) is 30.0 Å². The molecule has 0 aliphatic carbocycles. The van der Waals surface area contributed by atoms with Crippen molar-refractivity contribution in [2.75, 3.05) is 13.7 Å². The Balaban J connectivity index is 1.44. The molecule has 3 aromatic rings. The van der Waals surface area contributed by atoms with Gasteiger partial charge in [-0.2, -0.15) is 0 Å². The molecule has 2 heterocycles. The minimum Gasteiger partial charge on any atom is -0.480 e. The highest BCUT2D eigenvalue weighted by molar-refractivity contribution is 6.31. The first-order chi connectivity index (χ1) is 15.5. The summed E-state index contributed by atoms with van der Waals surface area (Å²) in [6.07, 6.45) is 0.461. The number of halogens is 1. The van der Waals surface area contributed by atoms with Gasteiger partial charge >= 0.3 is 0 Å². The molecule has 0 bridgehead atoms. The Morgan fingerprint density at radius 1 is 1.03 bits per heavy atom. The third kappa shape index (κ3) is 5.55. The van der Waals surface area contributed by atoms with Crippen LogP contribution in [0.4, 0.5) is 0 Å². The number of aliphatic hydroxyl groups is 2. The fourth-order valence-electron chi connectivity index (χ4n) is 3.74. The average Bonchev–Trinajstić information content (AvgIpc) is 2.81. The van der Waals surface area contributed by atoms with Crippen LogP contribution in [0.25, 0.3) is 0 Å². The maximum absolute atomic E-state index is 10.1. The number of aliphatic hydroxyl groups excluding tert-OH is 2. The molecule has 32 heavy (non-hydrogen) atoms. The van der Waals surface area contributed by atoms with Crippen molar-refractivity contribution in [2.45, 2.75) is 37.6 Å². The highest BCUT2D eigenvalue weighted by Crippen LogP contribution is 2.34. The molecule has 1 aliphatic heterocycles. The second-order valence-corrected chi connectivity index (χ2v) is 8.15. The largest absolute Gasteiger partial charge is 0.480 e. The molecule has 4 rings (SSSR count). The molecule has 3 atom stereocenters. The molecule has 7 nitrogen and oxygen atoms in total. The zero-order valence-corrected chi connectivity index (χ0v) is 18.4.